The lowest BCUT2D eigenvalue weighted by atomic mass is 9.93. The summed E-state index contributed by atoms with van der Waals surface area (Å²) < 4.78 is 0.202. The van der Waals surface area contributed by atoms with Crippen molar-refractivity contribution >= 4 is 12.6 Å². The summed E-state index contributed by atoms with van der Waals surface area (Å²) in [7, 11) is 0. The van der Waals surface area contributed by atoms with Crippen molar-refractivity contribution in [3.05, 3.63) is 0 Å². The van der Waals surface area contributed by atoms with Gasteiger partial charge in [0.05, 0.1) is 5.66 Å². The van der Waals surface area contributed by atoms with Gasteiger partial charge in [0, 0.05) is 11.3 Å². The Bertz CT molecular complexity index is 152. The lowest BCUT2D eigenvalue weighted by Crippen LogP contribution is -2.63. The Kier molecular flexibility index (Phi) is 1.32. The minimum Gasteiger partial charge on any atom is -0.299 e. The Labute approximate surface area is 67.2 Å². The molecule has 2 aliphatic rings. The lowest BCUT2D eigenvalue weighted by Gasteiger charge is -2.40. The molecule has 2 aliphatic heterocycles. The molecular weight excluding hydrogens is 144 g/mol. The lowest BCUT2D eigenvalue weighted by molar-refractivity contribution is 0.182. The second kappa shape index (κ2) is 1.90. The van der Waals surface area contributed by atoms with Crippen LogP contribution in [0.5, 0.6) is 0 Å². The van der Waals surface area contributed by atoms with Gasteiger partial charge in [-0.3, -0.25) is 10.6 Å². The third kappa shape index (κ3) is 0.966. The van der Waals surface area contributed by atoms with Crippen molar-refractivity contribution in [2.75, 3.05) is 13.1 Å². The average molecular weight is 158 g/mol. The zero-order chi connectivity index (χ0) is 7.24. The average Bonchev–Trinajstić information content (AvgIpc) is 2.04. The topological polar surface area (TPSA) is 24.1 Å². The molecule has 0 aromatic carbocycles. The highest BCUT2D eigenvalue weighted by atomic mass is 32.1. The van der Waals surface area contributed by atoms with Crippen molar-refractivity contribution < 1.29 is 0 Å². The van der Waals surface area contributed by atoms with Crippen molar-refractivity contribution in [1.82, 2.24) is 10.6 Å². The summed E-state index contributed by atoms with van der Waals surface area (Å²) in [6, 6.07) is 0. The van der Waals surface area contributed by atoms with Crippen molar-refractivity contribution in [3.63, 3.8) is 0 Å². The molecule has 0 bridgehead atoms. The van der Waals surface area contributed by atoms with Crippen LogP contribution in [0.2, 0.25) is 0 Å². The van der Waals surface area contributed by atoms with Crippen LogP contribution in [-0.4, -0.2) is 23.5 Å². The highest BCUT2D eigenvalue weighted by Crippen LogP contribution is 2.35. The Balaban J connectivity index is 2.05. The van der Waals surface area contributed by atoms with Crippen LogP contribution in [0.4, 0.5) is 0 Å². The Morgan fingerprint density at radius 2 is 2.10 bits per heavy atom. The first-order chi connectivity index (χ1) is 4.62. The second-order valence-corrected chi connectivity index (χ2v) is 4.87. The summed E-state index contributed by atoms with van der Waals surface area (Å²) in [6.45, 7) is 4.39. The van der Waals surface area contributed by atoms with Crippen LogP contribution in [0.1, 0.15) is 19.8 Å². The molecule has 0 amide bonds. The molecule has 2 atom stereocenters. The summed E-state index contributed by atoms with van der Waals surface area (Å²) in [4.78, 5) is 0. The van der Waals surface area contributed by atoms with E-state index in [1.54, 1.807) is 0 Å². The van der Waals surface area contributed by atoms with Gasteiger partial charge in [-0.15, -0.1) is 0 Å². The number of thiol groups is 1. The largest absolute Gasteiger partial charge is 0.299 e. The van der Waals surface area contributed by atoms with Gasteiger partial charge in [-0.2, -0.15) is 12.6 Å². The number of rotatable bonds is 0. The summed E-state index contributed by atoms with van der Waals surface area (Å²) in [5, 5.41) is 6.89. The first-order valence-corrected chi connectivity index (χ1v) is 4.29. The maximum absolute atomic E-state index is 4.55. The minimum absolute atomic E-state index is 0.202. The summed E-state index contributed by atoms with van der Waals surface area (Å²) >= 11 is 4.55. The van der Waals surface area contributed by atoms with Gasteiger partial charge in [0.15, 0.2) is 0 Å². The zero-order valence-electron chi connectivity index (χ0n) is 6.28. The van der Waals surface area contributed by atoms with Gasteiger partial charge in [-0.1, -0.05) is 0 Å². The Hall–Kier alpha value is 0.270. The molecule has 0 saturated carbocycles. The molecule has 0 radical (unpaired) electrons. The van der Waals surface area contributed by atoms with Crippen molar-refractivity contribution in [2.24, 2.45) is 0 Å². The molecule has 58 valence electrons. The van der Waals surface area contributed by atoms with E-state index >= 15 is 0 Å². The third-order valence-electron chi connectivity index (χ3n) is 2.51. The van der Waals surface area contributed by atoms with Gasteiger partial charge in [-0.05, 0) is 26.3 Å². The van der Waals surface area contributed by atoms with E-state index in [0.29, 0.717) is 0 Å². The number of hydrogen-bond donors (Lipinski definition) is 3. The van der Waals surface area contributed by atoms with E-state index < -0.39 is 0 Å². The molecule has 2 saturated heterocycles. The van der Waals surface area contributed by atoms with Crippen LogP contribution >= 0.6 is 12.6 Å². The number of nitrogens with one attached hydrogen (secondary N) is 2. The van der Waals surface area contributed by atoms with E-state index in [1.165, 1.54) is 6.42 Å². The summed E-state index contributed by atoms with van der Waals surface area (Å²) in [5.41, 5.74) is 0.274. The standard InChI is InChI=1S/C7H14N2S/c1-6(10)4-7(9-5-6)2-3-8-7/h8-10H,2-5H2,1H3. The van der Waals surface area contributed by atoms with Gasteiger partial charge < -0.3 is 0 Å². The van der Waals surface area contributed by atoms with Crippen LogP contribution in [0, 0.1) is 0 Å². The SMILES string of the molecule is CC1(S)CNC2(CCN2)C1. The van der Waals surface area contributed by atoms with Gasteiger partial charge in [0.25, 0.3) is 0 Å². The molecule has 2 nitrogen and oxygen atoms in total. The quantitative estimate of drug-likeness (QED) is 0.443. The molecule has 2 heterocycles. The maximum atomic E-state index is 4.55. The first-order valence-electron chi connectivity index (χ1n) is 3.84. The van der Waals surface area contributed by atoms with Crippen LogP contribution < -0.4 is 10.6 Å². The van der Waals surface area contributed by atoms with Gasteiger partial charge in [0.2, 0.25) is 0 Å². The van der Waals surface area contributed by atoms with E-state index in [9.17, 15) is 0 Å². The van der Waals surface area contributed by atoms with E-state index in [4.69, 9.17) is 0 Å². The van der Waals surface area contributed by atoms with Crippen LogP contribution in [0.25, 0.3) is 0 Å². The van der Waals surface area contributed by atoms with Crippen LogP contribution in [-0.2, 0) is 0 Å². The molecule has 3 heteroatoms. The fourth-order valence-corrected chi connectivity index (χ4v) is 2.21. The van der Waals surface area contributed by atoms with Gasteiger partial charge in [-0.25, -0.2) is 0 Å². The molecule has 2 N–H and O–H groups in total. The van der Waals surface area contributed by atoms with Crippen LogP contribution in [0.15, 0.2) is 0 Å². The summed E-state index contributed by atoms with van der Waals surface area (Å²) in [6.07, 6.45) is 2.42. The van der Waals surface area contributed by atoms with E-state index in [0.717, 1.165) is 19.5 Å². The maximum Gasteiger partial charge on any atom is 0.0713 e. The first kappa shape index (κ1) is 6.95. The normalized spacial score (nSPS) is 53.4. The molecule has 10 heavy (non-hydrogen) atoms. The van der Waals surface area contributed by atoms with E-state index in [2.05, 4.69) is 30.2 Å². The molecule has 0 aliphatic carbocycles. The Morgan fingerprint density at radius 3 is 2.30 bits per heavy atom. The van der Waals surface area contributed by atoms with E-state index in [-0.39, 0.29) is 10.4 Å². The van der Waals surface area contributed by atoms with Gasteiger partial charge >= 0.3 is 0 Å². The molecule has 2 fully saturated rings. The monoisotopic (exact) mass is 158 g/mol. The molecule has 2 unspecified atom stereocenters. The Morgan fingerprint density at radius 1 is 1.40 bits per heavy atom. The smallest absolute Gasteiger partial charge is 0.0713 e. The summed E-state index contributed by atoms with van der Waals surface area (Å²) in [5.74, 6) is 0. The van der Waals surface area contributed by atoms with Crippen molar-refractivity contribution in [2.45, 2.75) is 30.2 Å². The highest BCUT2D eigenvalue weighted by molar-refractivity contribution is 7.81. The predicted molar refractivity (Wildman–Crippen MR) is 45.4 cm³/mol. The molecule has 0 aromatic heterocycles. The molecule has 0 aromatic rings. The van der Waals surface area contributed by atoms with Crippen LogP contribution in [0.3, 0.4) is 0 Å². The molecule has 2 rings (SSSR count). The fourth-order valence-electron chi connectivity index (χ4n) is 1.86. The predicted octanol–water partition coefficient (Wildman–Crippen LogP) is 0.358. The van der Waals surface area contributed by atoms with E-state index in [1.807, 2.05) is 0 Å². The second-order valence-electron chi connectivity index (χ2n) is 3.79. The van der Waals surface area contributed by atoms with Gasteiger partial charge in [0.1, 0.15) is 0 Å². The molecule has 1 spiro atoms. The molecular formula is C7H14N2S. The number of hydrogen-bond acceptors (Lipinski definition) is 3. The third-order valence-corrected chi connectivity index (χ3v) is 2.82. The highest BCUT2D eigenvalue weighted by Gasteiger charge is 2.46. The van der Waals surface area contributed by atoms with Crippen molar-refractivity contribution in [1.29, 1.82) is 0 Å². The zero-order valence-corrected chi connectivity index (χ0v) is 7.17. The fraction of sp³-hybridized carbons (Fsp3) is 1.00. The van der Waals surface area contributed by atoms with Crippen molar-refractivity contribution in [3.8, 4) is 0 Å². The minimum atomic E-state index is 0.202.